The molecule has 3 rings (SSSR count). The standard InChI is InChI=1S/C15H14ClN3O/c1-3-17-15-18-8-9(2)14(19-15)13-7-10-6-11(16)4-5-12(10)20-13/h4-8H,3H2,1-2H3,(H,17,18,19). The van der Waals surface area contributed by atoms with Gasteiger partial charge >= 0.3 is 0 Å². The molecule has 3 aromatic rings. The first kappa shape index (κ1) is 12.9. The molecule has 0 amide bonds. The van der Waals surface area contributed by atoms with E-state index in [4.69, 9.17) is 16.0 Å². The number of benzene rings is 1. The number of anilines is 1. The number of aromatic nitrogens is 2. The van der Waals surface area contributed by atoms with E-state index in [9.17, 15) is 0 Å². The first-order valence-electron chi connectivity index (χ1n) is 6.44. The second-order valence-electron chi connectivity index (χ2n) is 4.55. The quantitative estimate of drug-likeness (QED) is 0.781. The summed E-state index contributed by atoms with van der Waals surface area (Å²) in [5, 5.41) is 4.76. The Labute approximate surface area is 121 Å². The number of aryl methyl sites for hydroxylation is 1. The molecule has 0 radical (unpaired) electrons. The second-order valence-corrected chi connectivity index (χ2v) is 4.98. The van der Waals surface area contributed by atoms with Crippen LogP contribution in [0.3, 0.4) is 0 Å². The largest absolute Gasteiger partial charge is 0.454 e. The number of nitrogens with zero attached hydrogens (tertiary/aromatic N) is 2. The molecule has 0 spiro atoms. The number of fused-ring (bicyclic) bond motifs is 1. The lowest BCUT2D eigenvalue weighted by Crippen LogP contribution is -2.03. The topological polar surface area (TPSA) is 51.0 Å². The lowest BCUT2D eigenvalue weighted by Gasteiger charge is -2.05. The Morgan fingerprint density at radius 1 is 1.30 bits per heavy atom. The third-order valence-corrected chi connectivity index (χ3v) is 3.25. The number of rotatable bonds is 3. The van der Waals surface area contributed by atoms with E-state index < -0.39 is 0 Å². The van der Waals surface area contributed by atoms with Crippen molar-refractivity contribution < 1.29 is 4.42 Å². The van der Waals surface area contributed by atoms with Gasteiger partial charge in [-0.05, 0) is 43.7 Å². The number of halogens is 1. The minimum Gasteiger partial charge on any atom is -0.454 e. The molecule has 1 N–H and O–H groups in total. The predicted octanol–water partition coefficient (Wildman–Crippen LogP) is 4.28. The van der Waals surface area contributed by atoms with Crippen molar-refractivity contribution in [1.82, 2.24) is 9.97 Å². The van der Waals surface area contributed by atoms with Gasteiger partial charge in [0.05, 0.1) is 0 Å². The van der Waals surface area contributed by atoms with Gasteiger partial charge in [0, 0.05) is 23.2 Å². The summed E-state index contributed by atoms with van der Waals surface area (Å²) in [4.78, 5) is 8.74. The Morgan fingerprint density at radius 3 is 2.95 bits per heavy atom. The fourth-order valence-corrected chi connectivity index (χ4v) is 2.25. The summed E-state index contributed by atoms with van der Waals surface area (Å²) in [6.45, 7) is 4.75. The minimum absolute atomic E-state index is 0.603. The molecular weight excluding hydrogens is 274 g/mol. The molecule has 0 atom stereocenters. The summed E-state index contributed by atoms with van der Waals surface area (Å²) in [5.41, 5.74) is 2.56. The molecule has 5 heteroatoms. The third-order valence-electron chi connectivity index (χ3n) is 3.02. The molecule has 0 saturated carbocycles. The van der Waals surface area contributed by atoms with Crippen LogP contribution in [0, 0.1) is 6.92 Å². The minimum atomic E-state index is 0.603. The van der Waals surface area contributed by atoms with Gasteiger partial charge in [-0.25, -0.2) is 9.97 Å². The van der Waals surface area contributed by atoms with Crippen molar-refractivity contribution >= 4 is 28.5 Å². The van der Waals surface area contributed by atoms with Crippen molar-refractivity contribution in [2.45, 2.75) is 13.8 Å². The van der Waals surface area contributed by atoms with Crippen LogP contribution in [0.1, 0.15) is 12.5 Å². The number of furan rings is 1. The Hall–Kier alpha value is -2.07. The first-order chi connectivity index (χ1) is 9.67. The van der Waals surface area contributed by atoms with E-state index in [0.29, 0.717) is 11.0 Å². The first-order valence-corrected chi connectivity index (χ1v) is 6.82. The molecule has 2 aromatic heterocycles. The molecule has 0 bridgehead atoms. The second kappa shape index (κ2) is 5.13. The normalized spacial score (nSPS) is 10.9. The van der Waals surface area contributed by atoms with Crippen LogP contribution in [0.25, 0.3) is 22.4 Å². The van der Waals surface area contributed by atoms with Gasteiger partial charge < -0.3 is 9.73 Å². The molecule has 0 saturated heterocycles. The highest BCUT2D eigenvalue weighted by molar-refractivity contribution is 6.31. The summed E-state index contributed by atoms with van der Waals surface area (Å²) in [6.07, 6.45) is 1.79. The van der Waals surface area contributed by atoms with Crippen LogP contribution in [0.4, 0.5) is 5.95 Å². The fraction of sp³-hybridized carbons (Fsp3) is 0.200. The Bertz CT molecular complexity index is 767. The van der Waals surface area contributed by atoms with Crippen LogP contribution < -0.4 is 5.32 Å². The number of nitrogens with one attached hydrogen (secondary N) is 1. The predicted molar refractivity (Wildman–Crippen MR) is 81.2 cm³/mol. The highest BCUT2D eigenvalue weighted by atomic mass is 35.5. The lowest BCUT2D eigenvalue weighted by atomic mass is 10.2. The summed E-state index contributed by atoms with van der Waals surface area (Å²) >= 11 is 5.99. The number of hydrogen-bond acceptors (Lipinski definition) is 4. The van der Waals surface area contributed by atoms with Crippen molar-refractivity contribution in [3.05, 3.63) is 41.0 Å². The van der Waals surface area contributed by atoms with Gasteiger partial charge in [-0.15, -0.1) is 0 Å². The van der Waals surface area contributed by atoms with E-state index in [2.05, 4.69) is 15.3 Å². The molecule has 0 aliphatic carbocycles. The summed E-state index contributed by atoms with van der Waals surface area (Å²) in [7, 11) is 0. The van der Waals surface area contributed by atoms with E-state index in [1.54, 1.807) is 6.20 Å². The molecule has 102 valence electrons. The van der Waals surface area contributed by atoms with Gasteiger partial charge in [0.2, 0.25) is 5.95 Å². The maximum absolute atomic E-state index is 5.99. The van der Waals surface area contributed by atoms with Gasteiger partial charge in [-0.3, -0.25) is 0 Å². The smallest absolute Gasteiger partial charge is 0.223 e. The molecule has 20 heavy (non-hydrogen) atoms. The maximum atomic E-state index is 5.99. The van der Waals surface area contributed by atoms with Crippen LogP contribution >= 0.6 is 11.6 Å². The highest BCUT2D eigenvalue weighted by Gasteiger charge is 2.12. The SMILES string of the molecule is CCNc1ncc(C)c(-c2cc3cc(Cl)ccc3o2)n1. The average molecular weight is 288 g/mol. The van der Waals surface area contributed by atoms with Gasteiger partial charge in [0.1, 0.15) is 11.3 Å². The molecule has 0 fully saturated rings. The van der Waals surface area contributed by atoms with Crippen molar-refractivity contribution in [2.75, 3.05) is 11.9 Å². The monoisotopic (exact) mass is 287 g/mol. The van der Waals surface area contributed by atoms with E-state index >= 15 is 0 Å². The van der Waals surface area contributed by atoms with Gasteiger partial charge in [0.25, 0.3) is 0 Å². The van der Waals surface area contributed by atoms with Crippen LogP contribution in [-0.4, -0.2) is 16.5 Å². The summed E-state index contributed by atoms with van der Waals surface area (Å²) < 4.78 is 5.85. The Balaban J connectivity index is 2.12. The molecule has 0 aliphatic rings. The molecule has 4 nitrogen and oxygen atoms in total. The van der Waals surface area contributed by atoms with Crippen molar-refractivity contribution in [3.8, 4) is 11.5 Å². The van der Waals surface area contributed by atoms with Crippen LogP contribution in [0.15, 0.2) is 34.9 Å². The number of hydrogen-bond donors (Lipinski definition) is 1. The van der Waals surface area contributed by atoms with Crippen molar-refractivity contribution in [3.63, 3.8) is 0 Å². The van der Waals surface area contributed by atoms with Gasteiger partial charge in [0.15, 0.2) is 5.76 Å². The molecule has 1 aromatic carbocycles. The zero-order valence-electron chi connectivity index (χ0n) is 11.3. The molecule has 2 heterocycles. The Kier molecular flexibility index (Phi) is 3.32. The Morgan fingerprint density at radius 2 is 2.15 bits per heavy atom. The van der Waals surface area contributed by atoms with Crippen LogP contribution in [-0.2, 0) is 0 Å². The van der Waals surface area contributed by atoms with Crippen LogP contribution in [0.5, 0.6) is 0 Å². The fourth-order valence-electron chi connectivity index (χ4n) is 2.07. The van der Waals surface area contributed by atoms with E-state index in [1.165, 1.54) is 0 Å². The van der Waals surface area contributed by atoms with Gasteiger partial charge in [-0.2, -0.15) is 0 Å². The molecule has 0 aliphatic heterocycles. The van der Waals surface area contributed by atoms with Crippen LogP contribution in [0.2, 0.25) is 5.02 Å². The van der Waals surface area contributed by atoms with E-state index in [0.717, 1.165) is 34.5 Å². The zero-order chi connectivity index (χ0) is 14.1. The highest BCUT2D eigenvalue weighted by Crippen LogP contribution is 2.30. The maximum Gasteiger partial charge on any atom is 0.223 e. The lowest BCUT2D eigenvalue weighted by molar-refractivity contribution is 0.628. The molecule has 0 unspecified atom stereocenters. The van der Waals surface area contributed by atoms with E-state index in [-0.39, 0.29) is 0 Å². The average Bonchev–Trinajstić information content (AvgIpc) is 2.84. The summed E-state index contributed by atoms with van der Waals surface area (Å²) in [6, 6.07) is 7.51. The zero-order valence-corrected chi connectivity index (χ0v) is 12.0. The molecular formula is C15H14ClN3O. The van der Waals surface area contributed by atoms with Crippen molar-refractivity contribution in [1.29, 1.82) is 0 Å². The van der Waals surface area contributed by atoms with Crippen molar-refractivity contribution in [2.24, 2.45) is 0 Å². The van der Waals surface area contributed by atoms with Gasteiger partial charge in [-0.1, -0.05) is 11.6 Å². The third kappa shape index (κ3) is 2.34. The summed E-state index contributed by atoms with van der Waals surface area (Å²) in [5.74, 6) is 1.33. The van der Waals surface area contributed by atoms with E-state index in [1.807, 2.05) is 38.1 Å².